The van der Waals surface area contributed by atoms with Gasteiger partial charge in [-0.2, -0.15) is 0 Å². The number of rotatable bonds is 6. The second-order valence-electron chi connectivity index (χ2n) is 5.10. The van der Waals surface area contributed by atoms with Gasteiger partial charge in [-0.05, 0) is 30.2 Å². The molecule has 0 unspecified atom stereocenters. The van der Waals surface area contributed by atoms with E-state index in [4.69, 9.17) is 0 Å². The van der Waals surface area contributed by atoms with Crippen LogP contribution in [0.1, 0.15) is 12.0 Å². The Balaban J connectivity index is 2.06. The summed E-state index contributed by atoms with van der Waals surface area (Å²) in [6.45, 7) is 0. The monoisotopic (exact) mass is 336 g/mol. The van der Waals surface area contributed by atoms with E-state index in [1.54, 1.807) is 0 Å². The Bertz CT molecular complexity index is 792. The summed E-state index contributed by atoms with van der Waals surface area (Å²) in [5.41, 5.74) is 1.23. The van der Waals surface area contributed by atoms with Crippen molar-refractivity contribution in [2.24, 2.45) is 0 Å². The number of carbonyl (C=O) groups is 1. The van der Waals surface area contributed by atoms with Gasteiger partial charge in [0.1, 0.15) is 5.82 Å². The largest absolute Gasteiger partial charge is 0.324 e. The van der Waals surface area contributed by atoms with Gasteiger partial charge in [0.25, 0.3) is 0 Å². The van der Waals surface area contributed by atoms with Crippen LogP contribution in [0.25, 0.3) is 0 Å². The number of benzene rings is 2. The fraction of sp³-hybridized carbons (Fsp3) is 0.188. The molecule has 0 saturated heterocycles. The van der Waals surface area contributed by atoms with Gasteiger partial charge in [-0.15, -0.1) is 0 Å². The van der Waals surface area contributed by atoms with E-state index < -0.39 is 15.8 Å². The Morgan fingerprint density at radius 2 is 1.78 bits per heavy atom. The van der Waals surface area contributed by atoms with Gasteiger partial charge in [-0.1, -0.05) is 30.3 Å². The first kappa shape index (κ1) is 17.0. The lowest BCUT2D eigenvalue weighted by Gasteiger charge is -2.12. The summed E-state index contributed by atoms with van der Waals surface area (Å²) in [7, 11) is -3.53. The first-order valence-electron chi connectivity index (χ1n) is 6.94. The van der Waals surface area contributed by atoms with E-state index in [1.807, 2.05) is 30.3 Å². The maximum atomic E-state index is 13.4. The molecule has 0 fully saturated rings. The van der Waals surface area contributed by atoms with Gasteiger partial charge in [0, 0.05) is 6.42 Å². The van der Waals surface area contributed by atoms with Gasteiger partial charge in [-0.25, -0.2) is 12.8 Å². The van der Waals surface area contributed by atoms with E-state index >= 15 is 0 Å². The van der Waals surface area contributed by atoms with E-state index in [2.05, 4.69) is 10.0 Å². The molecule has 0 saturated carbocycles. The third-order valence-corrected chi connectivity index (χ3v) is 3.63. The molecule has 0 radical (unpaired) electrons. The maximum Gasteiger partial charge on any atom is 0.229 e. The molecule has 7 heteroatoms. The van der Waals surface area contributed by atoms with Gasteiger partial charge in [0.15, 0.2) is 0 Å². The number of carbonyl (C=O) groups excluding carboxylic acids is 1. The minimum Gasteiger partial charge on any atom is -0.324 e. The molecule has 0 aromatic heterocycles. The summed E-state index contributed by atoms with van der Waals surface area (Å²) in [6, 6.07) is 12.9. The minimum atomic E-state index is -3.53. The van der Waals surface area contributed by atoms with E-state index in [-0.39, 0.29) is 23.7 Å². The highest BCUT2D eigenvalue weighted by Crippen LogP contribution is 2.24. The molecular formula is C16H17FN2O3S. The first-order chi connectivity index (χ1) is 10.8. The maximum absolute atomic E-state index is 13.4. The van der Waals surface area contributed by atoms with Gasteiger partial charge >= 0.3 is 0 Å². The summed E-state index contributed by atoms with van der Waals surface area (Å²) >= 11 is 0. The molecule has 2 aromatic rings. The number of amides is 1. The van der Waals surface area contributed by atoms with Crippen LogP contribution >= 0.6 is 0 Å². The van der Waals surface area contributed by atoms with Crippen molar-refractivity contribution >= 4 is 27.3 Å². The Hall–Kier alpha value is -2.41. The third kappa shape index (κ3) is 5.71. The summed E-state index contributed by atoms with van der Waals surface area (Å²) < 4.78 is 38.2. The number of nitrogens with one attached hydrogen (secondary N) is 2. The molecule has 5 nitrogen and oxygen atoms in total. The highest BCUT2D eigenvalue weighted by Gasteiger charge is 2.11. The van der Waals surface area contributed by atoms with Crippen molar-refractivity contribution in [1.82, 2.24) is 0 Å². The molecule has 23 heavy (non-hydrogen) atoms. The zero-order valence-corrected chi connectivity index (χ0v) is 13.4. The average Bonchev–Trinajstić information content (AvgIpc) is 2.48. The van der Waals surface area contributed by atoms with E-state index in [9.17, 15) is 17.6 Å². The molecule has 0 heterocycles. The van der Waals surface area contributed by atoms with E-state index in [0.29, 0.717) is 6.42 Å². The topological polar surface area (TPSA) is 75.3 Å². The molecule has 2 aromatic carbocycles. The Morgan fingerprint density at radius 3 is 2.43 bits per heavy atom. The SMILES string of the molecule is CS(=O)(=O)Nc1ccc(F)cc1NC(=O)CCc1ccccc1. The zero-order chi connectivity index (χ0) is 16.9. The van der Waals surface area contributed by atoms with Crippen molar-refractivity contribution in [2.75, 3.05) is 16.3 Å². The lowest BCUT2D eigenvalue weighted by atomic mass is 10.1. The van der Waals surface area contributed by atoms with Crippen LogP contribution in [0.15, 0.2) is 48.5 Å². The summed E-state index contributed by atoms with van der Waals surface area (Å²) in [5, 5.41) is 2.54. The van der Waals surface area contributed by atoms with Crippen LogP contribution in [-0.4, -0.2) is 20.6 Å². The van der Waals surface area contributed by atoms with Crippen LogP contribution in [0, 0.1) is 5.82 Å². The Kier molecular flexibility index (Phi) is 5.33. The lowest BCUT2D eigenvalue weighted by molar-refractivity contribution is -0.116. The van der Waals surface area contributed by atoms with Crippen molar-refractivity contribution < 1.29 is 17.6 Å². The molecule has 0 spiro atoms. The minimum absolute atomic E-state index is 0.0912. The molecule has 0 bridgehead atoms. The highest BCUT2D eigenvalue weighted by molar-refractivity contribution is 7.92. The number of hydrogen-bond acceptors (Lipinski definition) is 3. The summed E-state index contributed by atoms with van der Waals surface area (Å²) in [4.78, 5) is 12.0. The van der Waals surface area contributed by atoms with Gasteiger partial charge in [-0.3, -0.25) is 9.52 Å². The fourth-order valence-corrected chi connectivity index (χ4v) is 2.60. The average molecular weight is 336 g/mol. The standard InChI is InChI=1S/C16H17FN2O3S/c1-23(21,22)19-14-9-8-13(17)11-15(14)18-16(20)10-7-12-5-3-2-4-6-12/h2-6,8-9,11,19H,7,10H2,1H3,(H,18,20). The lowest BCUT2D eigenvalue weighted by Crippen LogP contribution is -2.16. The quantitative estimate of drug-likeness (QED) is 0.852. The predicted octanol–water partition coefficient (Wildman–Crippen LogP) is 2.77. The fourth-order valence-electron chi connectivity index (χ4n) is 2.02. The van der Waals surface area contributed by atoms with Crippen LogP contribution in [0.4, 0.5) is 15.8 Å². The van der Waals surface area contributed by atoms with Crippen molar-refractivity contribution in [3.05, 3.63) is 59.9 Å². The molecule has 0 aliphatic rings. The van der Waals surface area contributed by atoms with Crippen LogP contribution in [0.5, 0.6) is 0 Å². The Labute approximate surface area is 134 Å². The normalized spacial score (nSPS) is 11.0. The smallest absolute Gasteiger partial charge is 0.229 e. The van der Waals surface area contributed by atoms with Gasteiger partial charge in [0.2, 0.25) is 15.9 Å². The molecule has 0 atom stereocenters. The number of anilines is 2. The van der Waals surface area contributed by atoms with Crippen molar-refractivity contribution in [1.29, 1.82) is 0 Å². The van der Waals surface area contributed by atoms with Crippen LogP contribution in [0.3, 0.4) is 0 Å². The molecule has 2 rings (SSSR count). The first-order valence-corrected chi connectivity index (χ1v) is 8.84. The predicted molar refractivity (Wildman–Crippen MR) is 88.3 cm³/mol. The third-order valence-electron chi connectivity index (χ3n) is 3.03. The molecule has 0 aliphatic heterocycles. The number of aryl methyl sites for hydroxylation is 1. The number of halogens is 1. The van der Waals surface area contributed by atoms with Crippen molar-refractivity contribution in [3.63, 3.8) is 0 Å². The van der Waals surface area contributed by atoms with Crippen molar-refractivity contribution in [2.45, 2.75) is 12.8 Å². The highest BCUT2D eigenvalue weighted by atomic mass is 32.2. The van der Waals surface area contributed by atoms with Crippen molar-refractivity contribution in [3.8, 4) is 0 Å². The van der Waals surface area contributed by atoms with Crippen LogP contribution in [-0.2, 0) is 21.2 Å². The number of sulfonamides is 1. The summed E-state index contributed by atoms with van der Waals surface area (Å²) in [6.07, 6.45) is 1.73. The molecule has 1 amide bonds. The van der Waals surface area contributed by atoms with E-state index in [0.717, 1.165) is 24.0 Å². The summed E-state index contributed by atoms with van der Waals surface area (Å²) in [5.74, 6) is -0.890. The second-order valence-corrected chi connectivity index (χ2v) is 6.85. The molecule has 122 valence electrons. The van der Waals surface area contributed by atoms with E-state index in [1.165, 1.54) is 6.07 Å². The molecular weight excluding hydrogens is 319 g/mol. The van der Waals surface area contributed by atoms with Gasteiger partial charge in [0.05, 0.1) is 17.6 Å². The number of hydrogen-bond donors (Lipinski definition) is 2. The zero-order valence-electron chi connectivity index (χ0n) is 12.5. The van der Waals surface area contributed by atoms with Gasteiger partial charge < -0.3 is 5.32 Å². The van der Waals surface area contributed by atoms with Crippen LogP contribution < -0.4 is 10.0 Å². The second kappa shape index (κ2) is 7.23. The van der Waals surface area contributed by atoms with Crippen LogP contribution in [0.2, 0.25) is 0 Å². The Morgan fingerprint density at radius 1 is 1.09 bits per heavy atom. The molecule has 0 aliphatic carbocycles. The molecule has 2 N–H and O–H groups in total.